The van der Waals surface area contributed by atoms with E-state index in [4.69, 9.17) is 16.3 Å². The number of carbonyl (C=O) groups is 1. The number of nitrogens with one attached hydrogen (secondary N) is 1. The lowest BCUT2D eigenvalue weighted by Crippen LogP contribution is -2.51. The van der Waals surface area contributed by atoms with Gasteiger partial charge >= 0.3 is 0 Å². The van der Waals surface area contributed by atoms with E-state index >= 15 is 4.39 Å². The number of aliphatic hydroxyl groups is 1. The van der Waals surface area contributed by atoms with Crippen LogP contribution in [0.3, 0.4) is 0 Å². The van der Waals surface area contributed by atoms with Crippen molar-refractivity contribution in [1.82, 2.24) is 9.71 Å². The van der Waals surface area contributed by atoms with Gasteiger partial charge in [-0.25, -0.2) is 17.5 Å². The first kappa shape index (κ1) is 33.0. The van der Waals surface area contributed by atoms with Gasteiger partial charge in [0.2, 0.25) is 10.0 Å². The average Bonchev–Trinajstić information content (AvgIpc) is 3.18. The third-order valence-electron chi connectivity index (χ3n) is 11.3. The van der Waals surface area contributed by atoms with Gasteiger partial charge in [-0.1, -0.05) is 36.7 Å². The van der Waals surface area contributed by atoms with Gasteiger partial charge in [-0.3, -0.25) is 9.78 Å². The van der Waals surface area contributed by atoms with Crippen molar-refractivity contribution in [3.63, 3.8) is 0 Å². The molecule has 0 unspecified atom stereocenters. The highest BCUT2D eigenvalue weighted by Crippen LogP contribution is 2.51. The maximum Gasteiger partial charge on any atom is 0.264 e. The molecule has 1 saturated carbocycles. The summed E-state index contributed by atoms with van der Waals surface area (Å²) in [5.41, 5.74) is 1.35. The number of benzene rings is 2. The van der Waals surface area contributed by atoms with E-state index in [9.17, 15) is 18.3 Å². The minimum Gasteiger partial charge on any atom is -0.490 e. The van der Waals surface area contributed by atoms with Gasteiger partial charge in [-0.05, 0) is 105 Å². The lowest BCUT2D eigenvalue weighted by molar-refractivity contribution is -0.0524. The largest absolute Gasteiger partial charge is 0.490 e. The van der Waals surface area contributed by atoms with Gasteiger partial charge in [0.15, 0.2) is 0 Å². The first-order valence-corrected chi connectivity index (χ1v) is 18.7. The van der Waals surface area contributed by atoms with E-state index in [-0.39, 0.29) is 28.4 Å². The van der Waals surface area contributed by atoms with E-state index in [1.165, 1.54) is 29.6 Å². The Balaban J connectivity index is 1.36. The second-order valence-electron chi connectivity index (χ2n) is 14.2. The van der Waals surface area contributed by atoms with Gasteiger partial charge in [0.25, 0.3) is 5.91 Å². The molecule has 2 aromatic carbocycles. The van der Waals surface area contributed by atoms with Crippen LogP contribution in [0.5, 0.6) is 5.75 Å². The van der Waals surface area contributed by atoms with Crippen LogP contribution in [0.15, 0.2) is 67.0 Å². The van der Waals surface area contributed by atoms with E-state index in [0.717, 1.165) is 25.7 Å². The van der Waals surface area contributed by atoms with Crippen molar-refractivity contribution in [1.29, 1.82) is 0 Å². The fourth-order valence-corrected chi connectivity index (χ4v) is 9.71. The highest BCUT2D eigenvalue weighted by Gasteiger charge is 2.50. The van der Waals surface area contributed by atoms with E-state index < -0.39 is 38.5 Å². The Hall–Kier alpha value is -3.47. The number of nitrogens with zero attached hydrogens (tertiary/aromatic N) is 2. The number of fused-ring (bicyclic) bond motifs is 4. The first-order valence-electron chi connectivity index (χ1n) is 16.8. The Morgan fingerprint density at radius 1 is 1.12 bits per heavy atom. The summed E-state index contributed by atoms with van der Waals surface area (Å²) in [6, 6.07) is 12.4. The summed E-state index contributed by atoms with van der Waals surface area (Å²) in [6.07, 6.45) is 10.7. The molecule has 3 aromatic rings. The zero-order valence-electron chi connectivity index (χ0n) is 27.2. The predicted molar refractivity (Wildman–Crippen MR) is 183 cm³/mol. The number of halogens is 2. The molecule has 2 aliphatic carbocycles. The first-order chi connectivity index (χ1) is 22.9. The second-order valence-corrected chi connectivity index (χ2v) is 16.7. The Morgan fingerprint density at radius 3 is 2.73 bits per heavy atom. The number of allylic oxidation sites excluding steroid dienone is 1. The molecule has 2 N–H and O–H groups in total. The topological polar surface area (TPSA) is 109 Å². The van der Waals surface area contributed by atoms with Crippen LogP contribution in [0.25, 0.3) is 0 Å². The van der Waals surface area contributed by atoms with Crippen LogP contribution in [0, 0.1) is 23.6 Å². The standard InChI is InChI=1S/C37H41ClFN3O5S/c1-23-5-3-15-37(44,31-19-40-16-13-32(31)39)30-10-7-27(30)20-42-21-36(14-4-6-25-17-28(38)9-11-29(25)36)22-47-34-12-8-26(18-33(34)42)35(43)41-48(45,46)24(23)2/h3,8-9,11-13,15-19,23-24,27,30,44H,4-7,10,14,20-22H2,1-2H3,(H,41,43)/b15-3-/t23-,24+,27-,30+,36-,37-/m0/s1. The summed E-state index contributed by atoms with van der Waals surface area (Å²) < 4.78 is 51.1. The molecular formula is C37H41ClFN3O5S. The number of hydrogen-bond donors (Lipinski definition) is 2. The molecule has 11 heteroatoms. The fraction of sp³-hybridized carbons (Fsp3) is 0.459. The van der Waals surface area contributed by atoms with Crippen molar-refractivity contribution in [3.05, 3.63) is 100 Å². The molecule has 6 atom stereocenters. The van der Waals surface area contributed by atoms with Crippen molar-refractivity contribution >= 4 is 33.2 Å². The van der Waals surface area contributed by atoms with Gasteiger partial charge < -0.3 is 14.7 Å². The average molecular weight is 694 g/mol. The van der Waals surface area contributed by atoms with Crippen molar-refractivity contribution in [2.75, 3.05) is 24.6 Å². The third kappa shape index (κ3) is 5.79. The molecule has 3 heterocycles. The molecule has 2 bridgehead atoms. The Labute approximate surface area is 286 Å². The molecule has 1 aromatic heterocycles. The number of carbonyl (C=O) groups excluding carboxylic acids is 1. The molecule has 0 radical (unpaired) electrons. The van der Waals surface area contributed by atoms with Crippen LogP contribution >= 0.6 is 11.6 Å². The number of ether oxygens (including phenoxy) is 1. The number of hydrogen-bond acceptors (Lipinski definition) is 7. The summed E-state index contributed by atoms with van der Waals surface area (Å²) in [5.74, 6) is -1.40. The predicted octanol–water partition coefficient (Wildman–Crippen LogP) is 6.31. The zero-order chi connectivity index (χ0) is 33.8. The molecule has 0 saturated heterocycles. The molecular weight excluding hydrogens is 653 g/mol. The van der Waals surface area contributed by atoms with E-state index in [1.807, 2.05) is 12.1 Å². The lowest BCUT2D eigenvalue weighted by Gasteiger charge is -2.49. The van der Waals surface area contributed by atoms with Crippen molar-refractivity contribution in [2.24, 2.45) is 17.8 Å². The van der Waals surface area contributed by atoms with Crippen LogP contribution in [-0.4, -0.2) is 49.4 Å². The number of aromatic nitrogens is 1. The van der Waals surface area contributed by atoms with Crippen LogP contribution in [0.1, 0.15) is 73.0 Å². The van der Waals surface area contributed by atoms with Crippen LogP contribution in [0.2, 0.25) is 5.02 Å². The van der Waals surface area contributed by atoms with E-state index in [0.29, 0.717) is 49.0 Å². The number of amides is 1. The number of sulfonamides is 1. The maximum atomic E-state index is 15.4. The van der Waals surface area contributed by atoms with E-state index in [1.54, 1.807) is 44.2 Å². The van der Waals surface area contributed by atoms with Gasteiger partial charge in [0, 0.05) is 53.0 Å². The number of anilines is 1. The minimum atomic E-state index is -4.05. The van der Waals surface area contributed by atoms with Crippen LogP contribution < -0.4 is 14.4 Å². The summed E-state index contributed by atoms with van der Waals surface area (Å²) in [5, 5.41) is 12.2. The van der Waals surface area contributed by atoms with Gasteiger partial charge in [0.05, 0.1) is 17.5 Å². The van der Waals surface area contributed by atoms with Gasteiger partial charge in [0.1, 0.15) is 17.2 Å². The summed E-state index contributed by atoms with van der Waals surface area (Å²) in [4.78, 5) is 19.9. The zero-order valence-corrected chi connectivity index (χ0v) is 28.7. The van der Waals surface area contributed by atoms with Crippen LogP contribution in [0.4, 0.5) is 10.1 Å². The summed E-state index contributed by atoms with van der Waals surface area (Å²) in [7, 11) is -4.05. The normalized spacial score (nSPS) is 32.1. The molecule has 7 rings (SSSR count). The summed E-state index contributed by atoms with van der Waals surface area (Å²) in [6.45, 7) is 4.85. The van der Waals surface area contributed by atoms with Crippen molar-refractivity contribution in [3.8, 4) is 5.75 Å². The number of rotatable bonds is 1. The second kappa shape index (κ2) is 12.4. The van der Waals surface area contributed by atoms with E-state index in [2.05, 4.69) is 20.7 Å². The third-order valence-corrected chi connectivity index (χ3v) is 13.5. The molecule has 2 aliphatic heterocycles. The maximum absolute atomic E-state index is 15.4. The fourth-order valence-electron chi connectivity index (χ4n) is 8.23. The Morgan fingerprint density at radius 2 is 1.96 bits per heavy atom. The SMILES string of the molecule is C[C@@H]1[C@@H](C)C/C=C\[C@@](O)(c2cnccc2F)[C@@H]2CC[C@H]2CN2C[C@@]3(CCCc4cc(Cl)ccc43)COc3ccc(cc32)C(=O)NS1(=O)=O. The smallest absolute Gasteiger partial charge is 0.264 e. The minimum absolute atomic E-state index is 0.0300. The molecule has 1 amide bonds. The Kier molecular flexibility index (Phi) is 8.57. The quantitative estimate of drug-likeness (QED) is 0.288. The lowest BCUT2D eigenvalue weighted by atomic mass is 9.62. The Bertz CT molecular complexity index is 1890. The highest BCUT2D eigenvalue weighted by molar-refractivity contribution is 7.90. The molecule has 48 heavy (non-hydrogen) atoms. The van der Waals surface area contributed by atoms with Crippen molar-refractivity contribution in [2.45, 2.75) is 68.6 Å². The van der Waals surface area contributed by atoms with Gasteiger partial charge in [-0.2, -0.15) is 0 Å². The number of pyridine rings is 1. The molecule has 254 valence electrons. The molecule has 8 nitrogen and oxygen atoms in total. The molecule has 4 aliphatic rings. The van der Waals surface area contributed by atoms with Crippen LogP contribution in [-0.2, 0) is 27.5 Å². The highest BCUT2D eigenvalue weighted by atomic mass is 35.5. The summed E-state index contributed by atoms with van der Waals surface area (Å²) >= 11 is 6.42. The number of aryl methyl sites for hydroxylation is 1. The molecule has 1 fully saturated rings. The monoisotopic (exact) mass is 693 g/mol. The molecule has 1 spiro atoms. The van der Waals surface area contributed by atoms with Gasteiger partial charge in [-0.15, -0.1) is 0 Å². The van der Waals surface area contributed by atoms with Crippen molar-refractivity contribution < 1.29 is 27.4 Å².